The van der Waals surface area contributed by atoms with E-state index in [4.69, 9.17) is 9.47 Å². The van der Waals surface area contributed by atoms with Gasteiger partial charge >= 0.3 is 0 Å². The van der Waals surface area contributed by atoms with Crippen LogP contribution in [0.1, 0.15) is 22.8 Å². The molecule has 0 radical (unpaired) electrons. The third-order valence-corrected chi connectivity index (χ3v) is 4.65. The number of aromatic nitrogens is 1. The number of nitrogens with zero attached hydrogens (tertiary/aromatic N) is 2. The minimum absolute atomic E-state index is 0.215. The van der Waals surface area contributed by atoms with Crippen LogP contribution >= 0.6 is 0 Å². The molecular weight excluding hydrogens is 422 g/mol. The SMILES string of the molecule is CC(=O)Nc1cccc(C(=O)NC(=NCc2ccncc2)Nc2ccc3c(c2)OCCO3)c1. The van der Waals surface area contributed by atoms with E-state index in [9.17, 15) is 9.59 Å². The Morgan fingerprint density at radius 2 is 1.70 bits per heavy atom. The van der Waals surface area contributed by atoms with Gasteiger partial charge in [0.05, 0.1) is 6.54 Å². The molecule has 0 unspecified atom stereocenters. The van der Waals surface area contributed by atoms with Crippen molar-refractivity contribution in [3.8, 4) is 11.5 Å². The van der Waals surface area contributed by atoms with Crippen LogP contribution in [0.25, 0.3) is 0 Å². The zero-order valence-corrected chi connectivity index (χ0v) is 18.0. The van der Waals surface area contributed by atoms with Gasteiger partial charge in [0.1, 0.15) is 13.2 Å². The van der Waals surface area contributed by atoms with Crippen molar-refractivity contribution in [2.75, 3.05) is 23.8 Å². The summed E-state index contributed by atoms with van der Waals surface area (Å²) in [5, 5.41) is 8.63. The lowest BCUT2D eigenvalue weighted by atomic mass is 10.2. The first kappa shape index (κ1) is 21.8. The molecule has 0 atom stereocenters. The molecule has 0 spiro atoms. The Balaban J connectivity index is 1.55. The van der Waals surface area contributed by atoms with E-state index >= 15 is 0 Å². The minimum atomic E-state index is -0.374. The van der Waals surface area contributed by atoms with Crippen LogP contribution in [0.4, 0.5) is 11.4 Å². The molecule has 9 nitrogen and oxygen atoms in total. The van der Waals surface area contributed by atoms with Crippen molar-refractivity contribution < 1.29 is 19.1 Å². The fourth-order valence-electron chi connectivity index (χ4n) is 3.15. The van der Waals surface area contributed by atoms with E-state index in [1.165, 1.54) is 6.92 Å². The second-order valence-electron chi connectivity index (χ2n) is 7.22. The Morgan fingerprint density at radius 3 is 2.48 bits per heavy atom. The first-order valence-electron chi connectivity index (χ1n) is 10.4. The quantitative estimate of drug-likeness (QED) is 0.411. The number of anilines is 2. The van der Waals surface area contributed by atoms with Gasteiger partial charge in [-0.1, -0.05) is 6.07 Å². The summed E-state index contributed by atoms with van der Waals surface area (Å²) >= 11 is 0. The molecule has 3 aromatic rings. The van der Waals surface area contributed by atoms with Crippen LogP contribution in [0.2, 0.25) is 0 Å². The fourth-order valence-corrected chi connectivity index (χ4v) is 3.15. The lowest BCUT2D eigenvalue weighted by Gasteiger charge is -2.19. The highest BCUT2D eigenvalue weighted by atomic mass is 16.6. The van der Waals surface area contributed by atoms with E-state index in [-0.39, 0.29) is 17.8 Å². The zero-order chi connectivity index (χ0) is 23.0. The number of carbonyl (C=O) groups is 2. The summed E-state index contributed by atoms with van der Waals surface area (Å²) < 4.78 is 11.2. The van der Waals surface area contributed by atoms with Crippen molar-refractivity contribution in [3.63, 3.8) is 0 Å². The average molecular weight is 445 g/mol. The number of ether oxygens (including phenoxy) is 2. The third kappa shape index (κ3) is 6.07. The maximum atomic E-state index is 12.9. The monoisotopic (exact) mass is 445 g/mol. The summed E-state index contributed by atoms with van der Waals surface area (Å²) in [7, 11) is 0. The van der Waals surface area contributed by atoms with Gasteiger partial charge in [0.25, 0.3) is 5.91 Å². The number of hydrogen-bond acceptors (Lipinski definition) is 6. The second-order valence-corrected chi connectivity index (χ2v) is 7.22. The number of aliphatic imine (C=N–C) groups is 1. The molecule has 9 heteroatoms. The van der Waals surface area contributed by atoms with Gasteiger partial charge in [-0.05, 0) is 48.0 Å². The lowest BCUT2D eigenvalue weighted by Crippen LogP contribution is -2.36. The Kier molecular flexibility index (Phi) is 6.79. The number of amides is 2. The Hall–Kier alpha value is -4.40. The fraction of sp³-hybridized carbons (Fsp3) is 0.167. The Morgan fingerprint density at radius 1 is 0.939 bits per heavy atom. The second kappa shape index (κ2) is 10.3. The number of benzene rings is 2. The van der Waals surface area contributed by atoms with Gasteiger partial charge in [-0.2, -0.15) is 0 Å². The number of fused-ring (bicyclic) bond motifs is 1. The minimum Gasteiger partial charge on any atom is -0.486 e. The molecule has 2 amide bonds. The number of rotatable bonds is 5. The Bertz CT molecular complexity index is 1180. The highest BCUT2D eigenvalue weighted by Gasteiger charge is 2.14. The molecule has 1 aliphatic heterocycles. The van der Waals surface area contributed by atoms with Crippen molar-refractivity contribution in [1.82, 2.24) is 10.3 Å². The molecule has 3 N–H and O–H groups in total. The first-order chi connectivity index (χ1) is 16.1. The van der Waals surface area contributed by atoms with Crippen molar-refractivity contribution in [3.05, 3.63) is 78.1 Å². The van der Waals surface area contributed by atoms with Gasteiger partial charge in [-0.25, -0.2) is 4.99 Å². The summed E-state index contributed by atoms with van der Waals surface area (Å²) in [6, 6.07) is 15.8. The molecule has 0 fully saturated rings. The van der Waals surface area contributed by atoms with Gasteiger partial charge < -0.3 is 20.1 Å². The summed E-state index contributed by atoms with van der Waals surface area (Å²) in [6.45, 7) is 2.72. The van der Waals surface area contributed by atoms with Crippen LogP contribution in [-0.2, 0) is 11.3 Å². The standard InChI is InChI=1S/C24H23N5O4/c1-16(30)27-19-4-2-3-18(13-19)23(31)29-24(26-15-17-7-9-25-10-8-17)28-20-5-6-21-22(14-20)33-12-11-32-21/h2-10,13-14H,11-12,15H2,1H3,(H,27,30)(H2,26,28,29,31). The maximum absolute atomic E-state index is 12.9. The highest BCUT2D eigenvalue weighted by Crippen LogP contribution is 2.32. The van der Waals surface area contributed by atoms with E-state index in [1.54, 1.807) is 48.8 Å². The molecule has 0 saturated heterocycles. The predicted molar refractivity (Wildman–Crippen MR) is 125 cm³/mol. The number of carbonyl (C=O) groups excluding carboxylic acids is 2. The topological polar surface area (TPSA) is 114 Å². The van der Waals surface area contributed by atoms with E-state index < -0.39 is 0 Å². The normalized spacial score (nSPS) is 12.6. The summed E-state index contributed by atoms with van der Waals surface area (Å²) in [6.07, 6.45) is 3.37. The molecule has 2 aromatic carbocycles. The van der Waals surface area contributed by atoms with E-state index in [2.05, 4.69) is 25.9 Å². The largest absolute Gasteiger partial charge is 0.486 e. The van der Waals surface area contributed by atoms with Crippen LogP contribution in [0.15, 0.2) is 72.0 Å². The molecule has 168 valence electrons. The average Bonchev–Trinajstić information content (AvgIpc) is 2.83. The number of hydrogen-bond donors (Lipinski definition) is 3. The number of guanidine groups is 1. The summed E-state index contributed by atoms with van der Waals surface area (Å²) in [5.41, 5.74) is 2.53. The highest BCUT2D eigenvalue weighted by molar-refractivity contribution is 6.10. The molecule has 0 saturated carbocycles. The smallest absolute Gasteiger partial charge is 0.258 e. The van der Waals surface area contributed by atoms with Crippen LogP contribution < -0.4 is 25.4 Å². The van der Waals surface area contributed by atoms with E-state index in [0.29, 0.717) is 48.2 Å². The lowest BCUT2D eigenvalue weighted by molar-refractivity contribution is -0.114. The summed E-state index contributed by atoms with van der Waals surface area (Å²) in [5.74, 6) is 0.960. The van der Waals surface area contributed by atoms with Crippen molar-refractivity contribution in [2.45, 2.75) is 13.5 Å². The van der Waals surface area contributed by atoms with Gasteiger partial charge in [-0.15, -0.1) is 0 Å². The molecule has 1 aromatic heterocycles. The maximum Gasteiger partial charge on any atom is 0.258 e. The van der Waals surface area contributed by atoms with Gasteiger partial charge in [0.15, 0.2) is 11.5 Å². The molecular formula is C24H23N5O4. The van der Waals surface area contributed by atoms with Crippen LogP contribution in [0.5, 0.6) is 11.5 Å². The first-order valence-corrected chi connectivity index (χ1v) is 10.4. The zero-order valence-electron chi connectivity index (χ0n) is 18.0. The third-order valence-electron chi connectivity index (χ3n) is 4.65. The van der Waals surface area contributed by atoms with Gasteiger partial charge in [0, 0.05) is 42.3 Å². The Labute approximate surface area is 190 Å². The van der Waals surface area contributed by atoms with Crippen molar-refractivity contribution in [2.24, 2.45) is 4.99 Å². The molecule has 33 heavy (non-hydrogen) atoms. The summed E-state index contributed by atoms with van der Waals surface area (Å²) in [4.78, 5) is 32.8. The molecule has 0 bridgehead atoms. The van der Waals surface area contributed by atoms with E-state index in [1.807, 2.05) is 18.2 Å². The van der Waals surface area contributed by atoms with Crippen LogP contribution in [-0.4, -0.2) is 36.0 Å². The van der Waals surface area contributed by atoms with E-state index in [0.717, 1.165) is 5.56 Å². The molecule has 0 aliphatic carbocycles. The number of pyridine rings is 1. The molecule has 2 heterocycles. The van der Waals surface area contributed by atoms with Gasteiger partial charge in [-0.3, -0.25) is 19.9 Å². The molecule has 1 aliphatic rings. The number of nitrogens with one attached hydrogen (secondary N) is 3. The van der Waals surface area contributed by atoms with Gasteiger partial charge in [0.2, 0.25) is 11.9 Å². The van der Waals surface area contributed by atoms with Crippen LogP contribution in [0, 0.1) is 0 Å². The predicted octanol–water partition coefficient (Wildman–Crippen LogP) is 3.21. The molecule has 4 rings (SSSR count). The van der Waals surface area contributed by atoms with Crippen molar-refractivity contribution in [1.29, 1.82) is 0 Å². The van der Waals surface area contributed by atoms with Crippen LogP contribution in [0.3, 0.4) is 0 Å². The van der Waals surface area contributed by atoms with Crippen molar-refractivity contribution >= 4 is 29.1 Å².